The van der Waals surface area contributed by atoms with E-state index in [0.29, 0.717) is 74.4 Å². The molecule has 0 saturated heterocycles. The number of aryl methyl sites for hydroxylation is 2. The van der Waals surface area contributed by atoms with Gasteiger partial charge in [0.25, 0.3) is 11.8 Å². The molecule has 0 spiro atoms. The van der Waals surface area contributed by atoms with Crippen molar-refractivity contribution in [3.63, 3.8) is 0 Å². The molecule has 6 heterocycles. The van der Waals surface area contributed by atoms with E-state index in [0.717, 1.165) is 22.8 Å². The van der Waals surface area contributed by atoms with Gasteiger partial charge in [-0.25, -0.2) is 14.6 Å². The van der Waals surface area contributed by atoms with Gasteiger partial charge in [0.2, 0.25) is 5.91 Å². The zero-order chi connectivity index (χ0) is 47.3. The number of aromatic nitrogens is 4. The Bertz CT molecular complexity index is 2600. The van der Waals surface area contributed by atoms with Crippen molar-refractivity contribution in [3.8, 4) is 0 Å². The summed E-state index contributed by atoms with van der Waals surface area (Å²) >= 11 is 0. The Labute approximate surface area is 378 Å². The maximum atomic E-state index is 15.0. The average Bonchev–Trinajstić information content (AvgIpc) is 3.92. The molecule has 0 aliphatic carbocycles. The summed E-state index contributed by atoms with van der Waals surface area (Å²) < 4.78 is 16.4. The van der Waals surface area contributed by atoms with E-state index in [-0.39, 0.29) is 76.5 Å². The molecule has 8 bridgehead atoms. The van der Waals surface area contributed by atoms with E-state index in [1.54, 1.807) is 33.9 Å². The number of nitrogens with one attached hydrogen (secondary N) is 3. The van der Waals surface area contributed by atoms with Crippen molar-refractivity contribution in [1.82, 2.24) is 35.1 Å². The number of imide groups is 1. The normalized spacial score (nSPS) is 16.2. The number of alkyl carbamates (subject to hydrolysis) is 1. The van der Waals surface area contributed by atoms with E-state index >= 15 is 0 Å². The van der Waals surface area contributed by atoms with Crippen molar-refractivity contribution in [2.45, 2.75) is 92.1 Å². The van der Waals surface area contributed by atoms with Gasteiger partial charge in [-0.15, -0.1) is 0 Å². The highest BCUT2D eigenvalue weighted by Gasteiger charge is 2.41. The van der Waals surface area contributed by atoms with Crippen LogP contribution in [0.25, 0.3) is 39.3 Å². The summed E-state index contributed by atoms with van der Waals surface area (Å²) in [5.41, 5.74) is 8.55. The highest BCUT2D eigenvalue weighted by molar-refractivity contribution is 6.23. The third kappa shape index (κ3) is 10.7. The molecule has 0 fully saturated rings. The number of carbonyl (C=O) groups is 5. The smallest absolute Gasteiger partial charge is 0.407 e. The summed E-state index contributed by atoms with van der Waals surface area (Å²) in [6.45, 7) is 15.9. The molecule has 3 aromatic rings. The third-order valence-corrected chi connectivity index (χ3v) is 12.0. The van der Waals surface area contributed by atoms with Crippen LogP contribution in [0, 0.1) is 13.8 Å². The Morgan fingerprint density at radius 1 is 0.923 bits per heavy atom. The van der Waals surface area contributed by atoms with Crippen LogP contribution in [-0.2, 0) is 23.8 Å². The van der Waals surface area contributed by atoms with E-state index in [4.69, 9.17) is 29.3 Å². The van der Waals surface area contributed by atoms with Crippen LogP contribution >= 0.6 is 0 Å². The van der Waals surface area contributed by atoms with Gasteiger partial charge in [-0.2, -0.15) is 0 Å². The van der Waals surface area contributed by atoms with Gasteiger partial charge in [-0.1, -0.05) is 13.8 Å². The van der Waals surface area contributed by atoms with Crippen molar-refractivity contribution in [1.29, 1.82) is 0 Å². The number of H-pyrrole nitrogens is 2. The Hall–Kier alpha value is -6.17. The predicted molar refractivity (Wildman–Crippen MR) is 246 cm³/mol. The number of amides is 4. The molecular formula is C48H61N7O10. The minimum atomic E-state index is -1.09. The van der Waals surface area contributed by atoms with Crippen molar-refractivity contribution < 1.29 is 48.4 Å². The minimum Gasteiger partial charge on any atom is -0.478 e. The van der Waals surface area contributed by atoms with Crippen LogP contribution in [0.4, 0.5) is 4.79 Å². The van der Waals surface area contributed by atoms with Crippen LogP contribution in [0.2, 0.25) is 0 Å². The quantitative estimate of drug-likeness (QED) is 0.0546. The first-order valence-electron chi connectivity index (χ1n) is 22.1. The maximum Gasteiger partial charge on any atom is 0.407 e. The molecule has 0 unspecified atom stereocenters. The summed E-state index contributed by atoms with van der Waals surface area (Å²) in [5.74, 6) is -3.10. The van der Waals surface area contributed by atoms with E-state index in [9.17, 15) is 29.1 Å². The molecule has 3 aromatic heterocycles. The molecule has 2 atom stereocenters. The first kappa shape index (κ1) is 48.3. The predicted octanol–water partition coefficient (Wildman–Crippen LogP) is 6.64. The number of aliphatic carboxylic acids is 1. The summed E-state index contributed by atoms with van der Waals surface area (Å²) in [4.78, 5) is 87.2. The SMILES string of the molecule is CCC1=C(C)c2cc3[nH]c(cc4nc(c5c6[nH]c(cc1n2)c(C)c6C(=O)N(CCOCCOCCO)C5=O)[C@@H](CCC(=O)N(C)CCNC(=O)OC(C)(C)C)[C@@H]4C)c(C)c3/C=C/C(=O)O. The maximum absolute atomic E-state index is 15.0. The molecule has 65 heavy (non-hydrogen) atoms. The number of aliphatic hydroxyl groups is 1. The fourth-order valence-electron chi connectivity index (χ4n) is 8.49. The average molecular weight is 896 g/mol. The lowest BCUT2D eigenvalue weighted by Gasteiger charge is -2.27. The number of hydrogen-bond acceptors (Lipinski definition) is 11. The number of carboxylic acids is 1. The number of aliphatic hydroxyl groups excluding tert-OH is 1. The number of fused-ring (bicyclic) bond motifs is 8. The molecular weight excluding hydrogens is 835 g/mol. The standard InChI is InChI=1S/C48H61N7O10/c1-10-30-26(2)34-24-38-31(12-14-40(58)59)27(3)33(51-38)23-35-28(4)32(11-13-39(57)54(9)16-15-49-47(62)65-48(6,7)8)43(52-35)42-44-41(29(5)36(53-44)25-37(30)50-34)45(60)55(46(42)61)17-19-63-21-22-64-20-18-56/h12,14,23-25,28,32,51,53,56H,10-11,13,15-22H2,1-9H3,(H,49,62)(H,58,59)/b14-12+,33-23?,34-24?,35-23?,36-25?,37-25?,38-24?,43-42?/t28-,32-/m0/s1. The van der Waals surface area contributed by atoms with Crippen LogP contribution in [0.5, 0.6) is 0 Å². The highest BCUT2D eigenvalue weighted by atomic mass is 16.6. The lowest BCUT2D eigenvalue weighted by molar-refractivity contribution is -0.131. The van der Waals surface area contributed by atoms with E-state index < -0.39 is 35.4 Å². The number of carbonyl (C=O) groups excluding carboxylic acids is 4. The van der Waals surface area contributed by atoms with Gasteiger partial charge < -0.3 is 44.6 Å². The zero-order valence-corrected chi connectivity index (χ0v) is 38.8. The monoisotopic (exact) mass is 895 g/mol. The molecule has 3 aliphatic rings. The van der Waals surface area contributed by atoms with Crippen LogP contribution in [0.1, 0.15) is 133 Å². The lowest BCUT2D eigenvalue weighted by Crippen LogP contribution is -2.43. The largest absolute Gasteiger partial charge is 0.478 e. The van der Waals surface area contributed by atoms with E-state index in [1.807, 2.05) is 52.8 Å². The second kappa shape index (κ2) is 20.3. The summed E-state index contributed by atoms with van der Waals surface area (Å²) in [5, 5.41) is 21.4. The van der Waals surface area contributed by atoms with Gasteiger partial charge >= 0.3 is 12.1 Å². The van der Waals surface area contributed by atoms with Crippen molar-refractivity contribution >= 4 is 69.1 Å². The number of aromatic amines is 2. The van der Waals surface area contributed by atoms with Crippen LogP contribution in [0.15, 0.2) is 24.3 Å². The van der Waals surface area contributed by atoms with E-state index in [2.05, 4.69) is 15.3 Å². The van der Waals surface area contributed by atoms with Crippen LogP contribution < -0.4 is 5.32 Å². The Kier molecular flexibility index (Phi) is 15.1. The van der Waals surface area contributed by atoms with Crippen LogP contribution in [-0.4, -0.2) is 135 Å². The number of likely N-dealkylation sites (N-methyl/N-ethyl adjacent to an activating group) is 1. The highest BCUT2D eigenvalue weighted by Crippen LogP contribution is 2.44. The van der Waals surface area contributed by atoms with Gasteiger partial charge in [0, 0.05) is 72.3 Å². The van der Waals surface area contributed by atoms with Gasteiger partial charge in [-0.3, -0.25) is 24.3 Å². The second-order valence-corrected chi connectivity index (χ2v) is 17.5. The number of nitrogens with zero attached hydrogens (tertiary/aromatic N) is 4. The van der Waals surface area contributed by atoms with Gasteiger partial charge in [0.05, 0.1) is 73.3 Å². The third-order valence-electron chi connectivity index (χ3n) is 12.0. The first-order valence-corrected chi connectivity index (χ1v) is 22.1. The summed E-state index contributed by atoms with van der Waals surface area (Å²) in [7, 11) is 1.66. The molecule has 17 heteroatoms. The van der Waals surface area contributed by atoms with Crippen molar-refractivity contribution in [2.75, 3.05) is 59.7 Å². The van der Waals surface area contributed by atoms with Gasteiger partial charge in [0.15, 0.2) is 0 Å². The second-order valence-electron chi connectivity index (χ2n) is 17.5. The van der Waals surface area contributed by atoms with Crippen molar-refractivity contribution in [2.24, 2.45) is 0 Å². The van der Waals surface area contributed by atoms with Crippen molar-refractivity contribution in [3.05, 3.63) is 74.9 Å². The minimum absolute atomic E-state index is 0.0368. The Balaban J connectivity index is 1.52. The molecule has 0 saturated carbocycles. The number of allylic oxidation sites excluding steroid dienone is 2. The summed E-state index contributed by atoms with van der Waals surface area (Å²) in [6, 6.07) is 5.70. The molecule has 0 radical (unpaired) electrons. The fraction of sp³-hybridized carbons (Fsp3) is 0.479. The number of carboxylic acid groups (broad SMARTS) is 1. The molecule has 6 rings (SSSR count). The first-order chi connectivity index (χ1) is 30.8. The number of hydrogen-bond donors (Lipinski definition) is 5. The molecule has 348 valence electrons. The van der Waals surface area contributed by atoms with Crippen LogP contribution in [0.3, 0.4) is 0 Å². The zero-order valence-electron chi connectivity index (χ0n) is 38.8. The summed E-state index contributed by atoms with van der Waals surface area (Å²) in [6.07, 6.45) is 3.11. The molecule has 4 amide bonds. The van der Waals surface area contributed by atoms with E-state index in [1.165, 1.54) is 9.80 Å². The lowest BCUT2D eigenvalue weighted by atomic mass is 9.84. The fourth-order valence-corrected chi connectivity index (χ4v) is 8.49. The molecule has 3 aliphatic heterocycles. The molecule has 5 N–H and O–H groups in total. The Morgan fingerprint density at radius 2 is 1.60 bits per heavy atom. The Morgan fingerprint density at radius 3 is 2.28 bits per heavy atom. The van der Waals surface area contributed by atoms with Gasteiger partial charge in [-0.05, 0) is 101 Å². The number of ether oxygens (including phenoxy) is 3. The molecule has 17 nitrogen and oxygen atoms in total. The number of rotatable bonds is 17. The van der Waals surface area contributed by atoms with Gasteiger partial charge in [0.1, 0.15) is 5.60 Å². The molecule has 0 aromatic carbocycles. The topological polar surface area (TPSA) is 229 Å².